The molecule has 0 saturated heterocycles. The van der Waals surface area contributed by atoms with Gasteiger partial charge in [-0.1, -0.05) is 0 Å². The van der Waals surface area contributed by atoms with Crippen molar-refractivity contribution in [1.29, 1.82) is 5.26 Å². The van der Waals surface area contributed by atoms with Crippen molar-refractivity contribution in [2.45, 2.75) is 20.8 Å². The number of rotatable bonds is 2. The molecular weight excluding hydrogens is 243 g/mol. The average Bonchev–Trinajstić information content (AvgIpc) is 2.37. The third-order valence-electron chi connectivity index (χ3n) is 3.01. The van der Waals surface area contributed by atoms with Gasteiger partial charge in [0.25, 0.3) is 0 Å². The van der Waals surface area contributed by atoms with Crippen LogP contribution >= 0.6 is 0 Å². The second-order valence-corrected chi connectivity index (χ2v) is 4.33. The number of benzene rings is 1. The molecule has 0 unspecified atom stereocenters. The van der Waals surface area contributed by atoms with Gasteiger partial charge in [0, 0.05) is 5.69 Å². The molecule has 1 aromatic heterocycles. The maximum Gasteiger partial charge on any atom is 0.171 e. The van der Waals surface area contributed by atoms with Crippen molar-refractivity contribution >= 4 is 11.5 Å². The van der Waals surface area contributed by atoms with Gasteiger partial charge < -0.3 is 5.32 Å². The van der Waals surface area contributed by atoms with Gasteiger partial charge in [-0.15, -0.1) is 5.10 Å². The van der Waals surface area contributed by atoms with Crippen LogP contribution in [0.25, 0.3) is 0 Å². The first kappa shape index (κ1) is 13.0. The Balaban J connectivity index is 2.44. The van der Waals surface area contributed by atoms with E-state index in [1.165, 1.54) is 12.1 Å². The number of nitrogens with one attached hydrogen (secondary N) is 1. The number of nitrogens with zero attached hydrogens (tertiary/aromatic N) is 3. The maximum atomic E-state index is 13.0. The molecule has 2 aromatic rings. The van der Waals surface area contributed by atoms with Crippen LogP contribution in [0.5, 0.6) is 0 Å². The third kappa shape index (κ3) is 2.52. The van der Waals surface area contributed by atoms with Crippen molar-refractivity contribution in [2.75, 3.05) is 5.32 Å². The lowest BCUT2D eigenvalue weighted by atomic mass is 10.1. The van der Waals surface area contributed by atoms with Crippen molar-refractivity contribution in [1.82, 2.24) is 10.2 Å². The van der Waals surface area contributed by atoms with Crippen LogP contribution in [0.4, 0.5) is 15.9 Å². The molecule has 0 amide bonds. The molecule has 4 nitrogen and oxygen atoms in total. The molecule has 0 atom stereocenters. The van der Waals surface area contributed by atoms with Crippen molar-refractivity contribution in [2.24, 2.45) is 0 Å². The molecule has 0 spiro atoms. The molecule has 2 rings (SSSR count). The third-order valence-corrected chi connectivity index (χ3v) is 3.01. The monoisotopic (exact) mass is 256 g/mol. The van der Waals surface area contributed by atoms with E-state index in [9.17, 15) is 9.65 Å². The van der Waals surface area contributed by atoms with Crippen LogP contribution in [-0.4, -0.2) is 10.2 Å². The lowest BCUT2D eigenvalue weighted by molar-refractivity contribution is 0.627. The predicted octanol–water partition coefficient (Wildman–Crippen LogP) is 3.16. The number of hydrogen-bond donors (Lipinski definition) is 1. The smallest absolute Gasteiger partial charge is 0.171 e. The lowest BCUT2D eigenvalue weighted by Gasteiger charge is -2.11. The van der Waals surface area contributed by atoms with Gasteiger partial charge in [0.15, 0.2) is 5.82 Å². The molecule has 0 aliphatic rings. The second kappa shape index (κ2) is 5.02. The molecular formula is C14H13FN4. The zero-order valence-corrected chi connectivity index (χ0v) is 11.0. The standard InChI is InChI=1S/C14H13FN4/c1-8-6-11(15)4-5-13(8)17-14-12(7-16)9(2)10(3)18-19-14/h4-6H,1-3H3,(H,17,19). The van der Waals surface area contributed by atoms with Gasteiger partial charge in [-0.05, 0) is 50.1 Å². The van der Waals surface area contributed by atoms with Crippen molar-refractivity contribution in [3.63, 3.8) is 0 Å². The highest BCUT2D eigenvalue weighted by atomic mass is 19.1. The highest BCUT2D eigenvalue weighted by Gasteiger charge is 2.11. The Morgan fingerprint density at radius 3 is 2.58 bits per heavy atom. The largest absolute Gasteiger partial charge is 0.337 e. The Morgan fingerprint density at radius 1 is 1.21 bits per heavy atom. The second-order valence-electron chi connectivity index (χ2n) is 4.33. The topological polar surface area (TPSA) is 61.6 Å². The van der Waals surface area contributed by atoms with Crippen LogP contribution < -0.4 is 5.32 Å². The molecule has 96 valence electrons. The van der Waals surface area contributed by atoms with E-state index in [2.05, 4.69) is 21.6 Å². The first-order valence-electron chi connectivity index (χ1n) is 5.80. The van der Waals surface area contributed by atoms with E-state index in [-0.39, 0.29) is 5.82 Å². The Labute approximate surface area is 110 Å². The molecule has 0 radical (unpaired) electrons. The van der Waals surface area contributed by atoms with E-state index in [4.69, 9.17) is 0 Å². The summed E-state index contributed by atoms with van der Waals surface area (Å²) in [5, 5.41) is 20.2. The normalized spacial score (nSPS) is 10.1. The highest BCUT2D eigenvalue weighted by molar-refractivity contribution is 5.66. The fourth-order valence-electron chi connectivity index (χ4n) is 1.73. The summed E-state index contributed by atoms with van der Waals surface area (Å²) in [6.07, 6.45) is 0. The number of hydrogen-bond acceptors (Lipinski definition) is 4. The number of nitriles is 1. The summed E-state index contributed by atoms with van der Waals surface area (Å²) in [7, 11) is 0. The summed E-state index contributed by atoms with van der Waals surface area (Å²) in [4.78, 5) is 0. The summed E-state index contributed by atoms with van der Waals surface area (Å²) < 4.78 is 13.0. The first-order chi connectivity index (χ1) is 9.02. The number of anilines is 2. The Bertz CT molecular complexity index is 674. The SMILES string of the molecule is Cc1cc(F)ccc1Nc1nnc(C)c(C)c1C#N. The minimum Gasteiger partial charge on any atom is -0.337 e. The Morgan fingerprint density at radius 2 is 1.95 bits per heavy atom. The van der Waals surface area contributed by atoms with Crippen LogP contribution in [0, 0.1) is 37.9 Å². The fourth-order valence-corrected chi connectivity index (χ4v) is 1.73. The van der Waals surface area contributed by atoms with E-state index in [0.717, 1.165) is 16.8 Å². The minimum atomic E-state index is -0.297. The van der Waals surface area contributed by atoms with Crippen LogP contribution in [-0.2, 0) is 0 Å². The molecule has 19 heavy (non-hydrogen) atoms. The quantitative estimate of drug-likeness (QED) is 0.896. The van der Waals surface area contributed by atoms with E-state index in [1.807, 2.05) is 6.92 Å². The molecule has 5 heteroatoms. The van der Waals surface area contributed by atoms with Crippen LogP contribution in [0.15, 0.2) is 18.2 Å². The fraction of sp³-hybridized carbons (Fsp3) is 0.214. The number of aryl methyl sites for hydroxylation is 2. The average molecular weight is 256 g/mol. The first-order valence-corrected chi connectivity index (χ1v) is 5.80. The Hall–Kier alpha value is -2.48. The van der Waals surface area contributed by atoms with Crippen molar-refractivity contribution < 1.29 is 4.39 Å². The predicted molar refractivity (Wildman–Crippen MR) is 70.6 cm³/mol. The van der Waals surface area contributed by atoms with E-state index < -0.39 is 0 Å². The van der Waals surface area contributed by atoms with Crippen LogP contribution in [0.1, 0.15) is 22.4 Å². The van der Waals surface area contributed by atoms with Gasteiger partial charge in [-0.2, -0.15) is 10.4 Å². The summed E-state index contributed by atoms with van der Waals surface area (Å²) in [5.74, 6) is 0.0926. The van der Waals surface area contributed by atoms with Gasteiger partial charge >= 0.3 is 0 Å². The summed E-state index contributed by atoms with van der Waals surface area (Å²) >= 11 is 0. The van der Waals surface area contributed by atoms with Gasteiger partial charge in [0.2, 0.25) is 0 Å². The van der Waals surface area contributed by atoms with Gasteiger partial charge in [0.05, 0.1) is 5.69 Å². The number of halogens is 1. The zero-order chi connectivity index (χ0) is 14.0. The number of aromatic nitrogens is 2. The minimum absolute atomic E-state index is 0.297. The van der Waals surface area contributed by atoms with Gasteiger partial charge in [-0.25, -0.2) is 4.39 Å². The van der Waals surface area contributed by atoms with E-state index in [0.29, 0.717) is 17.1 Å². The van der Waals surface area contributed by atoms with Crippen LogP contribution in [0.2, 0.25) is 0 Å². The lowest BCUT2D eigenvalue weighted by Crippen LogP contribution is -2.04. The molecule has 1 aromatic carbocycles. The van der Waals surface area contributed by atoms with Gasteiger partial charge in [-0.3, -0.25) is 0 Å². The van der Waals surface area contributed by atoms with E-state index >= 15 is 0 Å². The zero-order valence-electron chi connectivity index (χ0n) is 11.0. The van der Waals surface area contributed by atoms with Gasteiger partial charge in [0.1, 0.15) is 17.4 Å². The highest BCUT2D eigenvalue weighted by Crippen LogP contribution is 2.24. The molecule has 0 aliphatic heterocycles. The van der Waals surface area contributed by atoms with Crippen molar-refractivity contribution in [3.05, 3.63) is 46.4 Å². The van der Waals surface area contributed by atoms with Crippen molar-refractivity contribution in [3.8, 4) is 6.07 Å². The maximum absolute atomic E-state index is 13.0. The molecule has 0 aliphatic carbocycles. The molecule has 0 fully saturated rings. The molecule has 1 N–H and O–H groups in total. The molecule has 0 bridgehead atoms. The summed E-state index contributed by atoms with van der Waals surface area (Å²) in [6, 6.07) is 6.51. The van der Waals surface area contributed by atoms with E-state index in [1.54, 1.807) is 19.9 Å². The molecule has 1 heterocycles. The summed E-state index contributed by atoms with van der Waals surface area (Å²) in [5.41, 5.74) is 3.41. The Kier molecular flexibility index (Phi) is 3.43. The van der Waals surface area contributed by atoms with Crippen LogP contribution in [0.3, 0.4) is 0 Å². The summed E-state index contributed by atoms with van der Waals surface area (Å²) in [6.45, 7) is 5.41. The molecule has 0 saturated carbocycles.